The van der Waals surface area contributed by atoms with Gasteiger partial charge in [-0.25, -0.2) is 4.79 Å². The molecule has 3 aromatic rings. The van der Waals surface area contributed by atoms with Crippen LogP contribution >= 0.6 is 11.6 Å². The maximum absolute atomic E-state index is 13.0. The summed E-state index contributed by atoms with van der Waals surface area (Å²) in [7, 11) is 1.74. The van der Waals surface area contributed by atoms with E-state index in [0.717, 1.165) is 27.8 Å². The van der Waals surface area contributed by atoms with E-state index in [1.807, 2.05) is 58.0 Å². The van der Waals surface area contributed by atoms with Gasteiger partial charge in [0.25, 0.3) is 5.56 Å². The molecule has 0 radical (unpaired) electrons. The molecule has 8 heteroatoms. The molecule has 41 heavy (non-hydrogen) atoms. The predicted molar refractivity (Wildman–Crippen MR) is 163 cm³/mol. The van der Waals surface area contributed by atoms with Gasteiger partial charge in [0.2, 0.25) is 5.91 Å². The highest BCUT2D eigenvalue weighted by Crippen LogP contribution is 2.43. The SMILES string of the molecule is CCC(=O)NCCc1ccccc1-c1ccc([C@H]2CN(C(=O)OC(C)(C)C)CC[C@@H]2c2ccn(C)c(=O)c2)c(Cl)c1. The standard InChI is InChI=1S/C33H40ClN3O4/c1-6-30(38)35-16-13-22-9-7-8-10-25(22)23-11-12-27(29(34)19-23)28-21-37(32(40)41-33(2,3)4)18-15-26(28)24-14-17-36(5)31(39)20-24/h7-12,14,17,19-20,26,28H,6,13,15-16,18,21H2,1-5H3,(H,35,38)/t26-,28+/m1/s1. The number of carbonyl (C=O) groups is 2. The molecule has 0 spiro atoms. The van der Waals surface area contributed by atoms with Crippen molar-refractivity contribution >= 4 is 23.6 Å². The fourth-order valence-electron chi connectivity index (χ4n) is 5.43. The lowest BCUT2D eigenvalue weighted by molar-refractivity contribution is -0.120. The second-order valence-corrected chi connectivity index (χ2v) is 12.1. The molecule has 2 aromatic carbocycles. The number of rotatable bonds is 7. The van der Waals surface area contributed by atoms with Gasteiger partial charge < -0.3 is 19.5 Å². The minimum absolute atomic E-state index is 0.0143. The molecule has 2 amide bonds. The van der Waals surface area contributed by atoms with E-state index in [1.54, 1.807) is 28.8 Å². The molecule has 1 aliphatic rings. The molecule has 2 atom stereocenters. The van der Waals surface area contributed by atoms with Crippen molar-refractivity contribution in [1.29, 1.82) is 0 Å². The van der Waals surface area contributed by atoms with E-state index in [0.29, 0.717) is 43.9 Å². The van der Waals surface area contributed by atoms with Crippen molar-refractivity contribution in [2.45, 2.75) is 64.4 Å². The number of carbonyl (C=O) groups excluding carboxylic acids is 2. The van der Waals surface area contributed by atoms with E-state index >= 15 is 0 Å². The van der Waals surface area contributed by atoms with Gasteiger partial charge in [-0.1, -0.05) is 54.9 Å². The van der Waals surface area contributed by atoms with Gasteiger partial charge in [0.1, 0.15) is 5.60 Å². The van der Waals surface area contributed by atoms with Gasteiger partial charge in [-0.05, 0) is 79.5 Å². The van der Waals surface area contributed by atoms with Crippen molar-refractivity contribution in [2.75, 3.05) is 19.6 Å². The first-order chi connectivity index (χ1) is 19.5. The zero-order valence-electron chi connectivity index (χ0n) is 24.6. The van der Waals surface area contributed by atoms with Crippen LogP contribution in [-0.2, 0) is 23.0 Å². The molecule has 1 N–H and O–H groups in total. The van der Waals surface area contributed by atoms with Crippen LogP contribution in [0.3, 0.4) is 0 Å². The number of likely N-dealkylation sites (tertiary alicyclic amines) is 1. The molecule has 1 aromatic heterocycles. The predicted octanol–water partition coefficient (Wildman–Crippen LogP) is 6.28. The zero-order valence-corrected chi connectivity index (χ0v) is 25.3. The summed E-state index contributed by atoms with van der Waals surface area (Å²) < 4.78 is 7.24. The van der Waals surface area contributed by atoms with Crippen LogP contribution < -0.4 is 10.9 Å². The van der Waals surface area contributed by atoms with Gasteiger partial charge in [0, 0.05) is 56.3 Å². The van der Waals surface area contributed by atoms with Crippen LogP contribution in [0.15, 0.2) is 65.6 Å². The highest BCUT2D eigenvalue weighted by molar-refractivity contribution is 6.31. The van der Waals surface area contributed by atoms with Crippen molar-refractivity contribution in [2.24, 2.45) is 7.05 Å². The summed E-state index contributed by atoms with van der Waals surface area (Å²) in [6, 6.07) is 17.9. The Hall–Kier alpha value is -3.58. The van der Waals surface area contributed by atoms with Gasteiger partial charge >= 0.3 is 6.09 Å². The maximum atomic E-state index is 13.0. The summed E-state index contributed by atoms with van der Waals surface area (Å²) in [5.41, 5.74) is 4.39. The van der Waals surface area contributed by atoms with Crippen molar-refractivity contribution in [3.8, 4) is 11.1 Å². The number of nitrogens with zero attached hydrogens (tertiary/aromatic N) is 2. The normalized spacial score (nSPS) is 17.3. The number of benzene rings is 2. The average molecular weight is 578 g/mol. The van der Waals surface area contributed by atoms with E-state index in [1.165, 1.54) is 0 Å². The van der Waals surface area contributed by atoms with E-state index in [4.69, 9.17) is 16.3 Å². The number of amides is 2. The summed E-state index contributed by atoms with van der Waals surface area (Å²) in [6.45, 7) is 8.95. The Labute approximate surface area is 247 Å². The molecule has 0 aliphatic carbocycles. The van der Waals surface area contributed by atoms with Crippen molar-refractivity contribution in [3.05, 3.63) is 92.9 Å². The summed E-state index contributed by atoms with van der Waals surface area (Å²) >= 11 is 7.02. The highest BCUT2D eigenvalue weighted by Gasteiger charge is 2.36. The van der Waals surface area contributed by atoms with Crippen LogP contribution in [0.5, 0.6) is 0 Å². The molecule has 0 saturated carbocycles. The Kier molecular flexibility index (Phi) is 9.59. The number of pyridine rings is 1. The van der Waals surface area contributed by atoms with Crippen molar-refractivity contribution in [1.82, 2.24) is 14.8 Å². The quantitative estimate of drug-likeness (QED) is 0.358. The summed E-state index contributed by atoms with van der Waals surface area (Å²) in [5.74, 6) is -0.0709. The third-order valence-corrected chi connectivity index (χ3v) is 7.91. The van der Waals surface area contributed by atoms with E-state index in [9.17, 15) is 14.4 Å². The monoisotopic (exact) mass is 577 g/mol. The molecular formula is C33H40ClN3O4. The van der Waals surface area contributed by atoms with E-state index < -0.39 is 5.60 Å². The molecule has 2 heterocycles. The third kappa shape index (κ3) is 7.59. The molecule has 1 fully saturated rings. The van der Waals surface area contributed by atoms with E-state index in [-0.39, 0.29) is 29.4 Å². The first-order valence-corrected chi connectivity index (χ1v) is 14.6. The fraction of sp³-hybridized carbons (Fsp3) is 0.424. The Morgan fingerprint density at radius 2 is 1.83 bits per heavy atom. The lowest BCUT2D eigenvalue weighted by atomic mass is 9.76. The number of halogens is 1. The molecule has 1 aliphatic heterocycles. The summed E-state index contributed by atoms with van der Waals surface area (Å²) in [6.07, 6.45) is 3.30. The molecule has 7 nitrogen and oxygen atoms in total. The number of nitrogens with one attached hydrogen (secondary N) is 1. The molecular weight excluding hydrogens is 538 g/mol. The second kappa shape index (κ2) is 12.9. The summed E-state index contributed by atoms with van der Waals surface area (Å²) in [5, 5.41) is 3.56. The van der Waals surface area contributed by atoms with Gasteiger partial charge in [-0.2, -0.15) is 0 Å². The number of aromatic nitrogens is 1. The Balaban J connectivity index is 1.66. The van der Waals surface area contributed by atoms with Gasteiger partial charge in [-0.3, -0.25) is 9.59 Å². The van der Waals surface area contributed by atoms with Crippen LogP contribution in [0, 0.1) is 0 Å². The van der Waals surface area contributed by atoms with Gasteiger partial charge in [-0.15, -0.1) is 0 Å². The lowest BCUT2D eigenvalue weighted by Gasteiger charge is -2.40. The van der Waals surface area contributed by atoms with Crippen LogP contribution in [-0.4, -0.2) is 46.7 Å². The lowest BCUT2D eigenvalue weighted by Crippen LogP contribution is -2.44. The molecule has 0 unspecified atom stereocenters. The number of hydrogen-bond donors (Lipinski definition) is 1. The largest absolute Gasteiger partial charge is 0.444 e. The number of piperidine rings is 1. The fourth-order valence-corrected chi connectivity index (χ4v) is 5.75. The Morgan fingerprint density at radius 3 is 2.51 bits per heavy atom. The molecule has 0 bridgehead atoms. The van der Waals surface area contributed by atoms with Crippen molar-refractivity contribution in [3.63, 3.8) is 0 Å². The average Bonchev–Trinajstić information content (AvgIpc) is 2.93. The molecule has 4 rings (SSSR count). The van der Waals surface area contributed by atoms with Crippen LogP contribution in [0.2, 0.25) is 5.02 Å². The Morgan fingerprint density at radius 1 is 1.07 bits per heavy atom. The number of ether oxygens (including phenoxy) is 1. The first-order valence-electron chi connectivity index (χ1n) is 14.3. The smallest absolute Gasteiger partial charge is 0.410 e. The molecule has 1 saturated heterocycles. The zero-order chi connectivity index (χ0) is 29.7. The molecule has 218 valence electrons. The third-order valence-electron chi connectivity index (χ3n) is 7.59. The van der Waals surface area contributed by atoms with Crippen molar-refractivity contribution < 1.29 is 14.3 Å². The van der Waals surface area contributed by atoms with Crippen LogP contribution in [0.25, 0.3) is 11.1 Å². The second-order valence-electron chi connectivity index (χ2n) is 11.7. The van der Waals surface area contributed by atoms with Gasteiger partial charge in [0.05, 0.1) is 0 Å². The number of hydrogen-bond acceptors (Lipinski definition) is 4. The minimum Gasteiger partial charge on any atom is -0.444 e. The minimum atomic E-state index is -0.596. The Bertz CT molecular complexity index is 1460. The summed E-state index contributed by atoms with van der Waals surface area (Å²) in [4.78, 5) is 39.0. The van der Waals surface area contributed by atoms with E-state index in [2.05, 4.69) is 23.5 Å². The maximum Gasteiger partial charge on any atom is 0.410 e. The topological polar surface area (TPSA) is 80.6 Å². The van der Waals surface area contributed by atoms with Crippen LogP contribution in [0.4, 0.5) is 4.79 Å². The highest BCUT2D eigenvalue weighted by atomic mass is 35.5. The first kappa shape index (κ1) is 30.4. The van der Waals surface area contributed by atoms with Crippen LogP contribution in [0.1, 0.15) is 69.1 Å². The number of aryl methyl sites for hydroxylation is 1. The van der Waals surface area contributed by atoms with Gasteiger partial charge in [0.15, 0.2) is 0 Å².